The first-order chi connectivity index (χ1) is 6.47. The minimum Gasteiger partial charge on any atom is -0.380 e. The lowest BCUT2D eigenvalue weighted by atomic mass is 10.0. The fourth-order valence-corrected chi connectivity index (χ4v) is 1.68. The highest BCUT2D eigenvalue weighted by molar-refractivity contribution is 5.18. The van der Waals surface area contributed by atoms with Crippen LogP contribution in [0.5, 0.6) is 0 Å². The summed E-state index contributed by atoms with van der Waals surface area (Å²) >= 11 is 0. The third-order valence-corrected chi connectivity index (χ3v) is 2.39. The Labute approximate surface area is 78.9 Å². The van der Waals surface area contributed by atoms with Crippen molar-refractivity contribution in [2.24, 2.45) is 0 Å². The molecule has 1 aliphatic rings. The Bertz CT molecular complexity index is 240. The minimum absolute atomic E-state index is 0.476. The summed E-state index contributed by atoms with van der Waals surface area (Å²) in [6.07, 6.45) is 1.07. The van der Waals surface area contributed by atoms with E-state index in [4.69, 9.17) is 4.74 Å². The van der Waals surface area contributed by atoms with Gasteiger partial charge in [-0.05, 0) is 12.0 Å². The van der Waals surface area contributed by atoms with Gasteiger partial charge in [-0.15, -0.1) is 0 Å². The molecule has 1 unspecified atom stereocenters. The molecule has 0 spiro atoms. The molecular formula is C11H15NO. The second kappa shape index (κ2) is 4.40. The van der Waals surface area contributed by atoms with E-state index < -0.39 is 0 Å². The van der Waals surface area contributed by atoms with Crippen molar-refractivity contribution in [3.05, 3.63) is 35.9 Å². The van der Waals surface area contributed by atoms with Gasteiger partial charge in [0.1, 0.15) is 0 Å². The molecule has 0 radical (unpaired) electrons. The van der Waals surface area contributed by atoms with Gasteiger partial charge in [0.05, 0.1) is 6.61 Å². The monoisotopic (exact) mass is 177 g/mol. The van der Waals surface area contributed by atoms with Crippen LogP contribution in [0.4, 0.5) is 0 Å². The molecule has 2 rings (SSSR count). The molecule has 1 aliphatic heterocycles. The third-order valence-electron chi connectivity index (χ3n) is 2.39. The Morgan fingerprint density at radius 1 is 1.15 bits per heavy atom. The number of benzene rings is 1. The van der Waals surface area contributed by atoms with Crippen LogP contribution in [0, 0.1) is 0 Å². The Hall–Kier alpha value is -0.860. The summed E-state index contributed by atoms with van der Waals surface area (Å²) in [4.78, 5) is 0. The molecule has 2 nitrogen and oxygen atoms in total. The standard InChI is InChI=1S/C11H15NO/c1-2-4-10(5-3-1)11-6-8-13-9-7-12-11/h1-5,11-12H,6-9H2. The number of nitrogens with one attached hydrogen (secondary N) is 1. The van der Waals surface area contributed by atoms with Gasteiger partial charge in [-0.3, -0.25) is 0 Å². The molecule has 1 N–H and O–H groups in total. The lowest BCUT2D eigenvalue weighted by Gasteiger charge is -2.14. The first-order valence-corrected chi connectivity index (χ1v) is 4.83. The SMILES string of the molecule is c1ccc(C2CCOCCN2)cc1. The molecule has 1 saturated heterocycles. The van der Waals surface area contributed by atoms with Gasteiger partial charge in [0.15, 0.2) is 0 Å². The highest BCUT2D eigenvalue weighted by atomic mass is 16.5. The van der Waals surface area contributed by atoms with E-state index in [-0.39, 0.29) is 0 Å². The summed E-state index contributed by atoms with van der Waals surface area (Å²) in [5.41, 5.74) is 1.37. The van der Waals surface area contributed by atoms with Crippen LogP contribution in [0.15, 0.2) is 30.3 Å². The summed E-state index contributed by atoms with van der Waals surface area (Å²) in [7, 11) is 0. The molecule has 0 bridgehead atoms. The first kappa shape index (κ1) is 8.73. The molecular weight excluding hydrogens is 162 g/mol. The average molecular weight is 177 g/mol. The molecule has 0 aliphatic carbocycles. The largest absolute Gasteiger partial charge is 0.380 e. The van der Waals surface area contributed by atoms with E-state index in [9.17, 15) is 0 Å². The van der Waals surface area contributed by atoms with Crippen LogP contribution in [-0.4, -0.2) is 19.8 Å². The topological polar surface area (TPSA) is 21.3 Å². The molecule has 13 heavy (non-hydrogen) atoms. The lowest BCUT2D eigenvalue weighted by molar-refractivity contribution is 0.150. The van der Waals surface area contributed by atoms with Crippen molar-refractivity contribution in [1.29, 1.82) is 0 Å². The first-order valence-electron chi connectivity index (χ1n) is 4.83. The lowest BCUT2D eigenvalue weighted by Crippen LogP contribution is -2.21. The Morgan fingerprint density at radius 3 is 2.85 bits per heavy atom. The smallest absolute Gasteiger partial charge is 0.0591 e. The van der Waals surface area contributed by atoms with E-state index in [0.717, 1.165) is 26.2 Å². The van der Waals surface area contributed by atoms with Crippen LogP contribution in [0.2, 0.25) is 0 Å². The van der Waals surface area contributed by atoms with Gasteiger partial charge in [-0.1, -0.05) is 30.3 Å². The molecule has 0 saturated carbocycles. The quantitative estimate of drug-likeness (QED) is 0.705. The van der Waals surface area contributed by atoms with Crippen LogP contribution >= 0.6 is 0 Å². The summed E-state index contributed by atoms with van der Waals surface area (Å²) in [6, 6.07) is 11.0. The van der Waals surface area contributed by atoms with Crippen molar-refractivity contribution in [3.63, 3.8) is 0 Å². The molecule has 1 atom stereocenters. The minimum atomic E-state index is 0.476. The van der Waals surface area contributed by atoms with E-state index in [2.05, 4.69) is 35.6 Å². The molecule has 1 aromatic rings. The second-order valence-corrected chi connectivity index (χ2v) is 3.32. The van der Waals surface area contributed by atoms with Gasteiger partial charge < -0.3 is 10.1 Å². The maximum Gasteiger partial charge on any atom is 0.0591 e. The van der Waals surface area contributed by atoms with E-state index in [0.29, 0.717) is 6.04 Å². The zero-order valence-electron chi connectivity index (χ0n) is 7.70. The van der Waals surface area contributed by atoms with Crippen molar-refractivity contribution in [2.75, 3.05) is 19.8 Å². The maximum atomic E-state index is 5.38. The fourth-order valence-electron chi connectivity index (χ4n) is 1.68. The normalized spacial score (nSPS) is 23.8. The maximum absolute atomic E-state index is 5.38. The van der Waals surface area contributed by atoms with Crippen molar-refractivity contribution in [1.82, 2.24) is 5.32 Å². The predicted octanol–water partition coefficient (Wildman–Crippen LogP) is 1.74. The fraction of sp³-hybridized carbons (Fsp3) is 0.455. The highest BCUT2D eigenvalue weighted by Gasteiger charge is 2.12. The molecule has 0 amide bonds. The van der Waals surface area contributed by atoms with Crippen molar-refractivity contribution >= 4 is 0 Å². The molecule has 1 heterocycles. The molecule has 0 aromatic heterocycles. The number of ether oxygens (including phenoxy) is 1. The van der Waals surface area contributed by atoms with Crippen molar-refractivity contribution < 1.29 is 4.74 Å². The summed E-state index contributed by atoms with van der Waals surface area (Å²) in [5.74, 6) is 0. The molecule has 2 heteroatoms. The molecule has 1 aromatic carbocycles. The Kier molecular flexibility index (Phi) is 2.95. The van der Waals surface area contributed by atoms with Gasteiger partial charge in [-0.2, -0.15) is 0 Å². The predicted molar refractivity (Wildman–Crippen MR) is 52.6 cm³/mol. The van der Waals surface area contributed by atoms with E-state index in [1.165, 1.54) is 5.56 Å². The zero-order valence-corrected chi connectivity index (χ0v) is 7.70. The molecule has 1 fully saturated rings. The van der Waals surface area contributed by atoms with Crippen LogP contribution in [0.1, 0.15) is 18.0 Å². The molecule has 70 valence electrons. The Balaban J connectivity index is 2.06. The van der Waals surface area contributed by atoms with Crippen LogP contribution in [0.3, 0.4) is 0 Å². The number of hydrogen-bond acceptors (Lipinski definition) is 2. The van der Waals surface area contributed by atoms with Crippen LogP contribution in [0.25, 0.3) is 0 Å². The van der Waals surface area contributed by atoms with Crippen LogP contribution < -0.4 is 5.32 Å². The van der Waals surface area contributed by atoms with Gasteiger partial charge in [-0.25, -0.2) is 0 Å². The zero-order chi connectivity index (χ0) is 8.93. The van der Waals surface area contributed by atoms with E-state index in [1.54, 1.807) is 0 Å². The third kappa shape index (κ3) is 2.29. The summed E-state index contributed by atoms with van der Waals surface area (Å²) in [6.45, 7) is 2.66. The van der Waals surface area contributed by atoms with Gasteiger partial charge in [0.2, 0.25) is 0 Å². The number of hydrogen-bond donors (Lipinski definition) is 1. The highest BCUT2D eigenvalue weighted by Crippen LogP contribution is 2.17. The summed E-state index contributed by atoms with van der Waals surface area (Å²) in [5, 5.41) is 3.47. The van der Waals surface area contributed by atoms with Gasteiger partial charge >= 0.3 is 0 Å². The van der Waals surface area contributed by atoms with Crippen molar-refractivity contribution in [2.45, 2.75) is 12.5 Å². The summed E-state index contributed by atoms with van der Waals surface area (Å²) < 4.78 is 5.38. The Morgan fingerprint density at radius 2 is 2.00 bits per heavy atom. The van der Waals surface area contributed by atoms with Crippen LogP contribution in [-0.2, 0) is 4.74 Å². The number of rotatable bonds is 1. The van der Waals surface area contributed by atoms with Gasteiger partial charge in [0, 0.05) is 19.2 Å². The van der Waals surface area contributed by atoms with E-state index in [1.807, 2.05) is 0 Å². The second-order valence-electron chi connectivity index (χ2n) is 3.32. The average Bonchev–Trinajstić information content (AvgIpc) is 2.47. The van der Waals surface area contributed by atoms with E-state index >= 15 is 0 Å². The van der Waals surface area contributed by atoms with Gasteiger partial charge in [0.25, 0.3) is 0 Å². The van der Waals surface area contributed by atoms with Crippen molar-refractivity contribution in [3.8, 4) is 0 Å².